The Kier molecular flexibility index (Phi) is 3.23. The van der Waals surface area contributed by atoms with Crippen molar-refractivity contribution in [2.75, 3.05) is 18.0 Å². The van der Waals surface area contributed by atoms with Gasteiger partial charge in [0.1, 0.15) is 0 Å². The number of morpholine rings is 1. The van der Waals surface area contributed by atoms with Gasteiger partial charge in [-0.1, -0.05) is 0 Å². The molecule has 0 aromatic carbocycles. The monoisotopic (exact) mass is 236 g/mol. The van der Waals surface area contributed by atoms with Crippen LogP contribution in [-0.4, -0.2) is 41.4 Å². The van der Waals surface area contributed by atoms with Gasteiger partial charge in [0.2, 0.25) is 0 Å². The zero-order valence-corrected chi connectivity index (χ0v) is 9.96. The second-order valence-electron chi connectivity index (χ2n) is 4.30. The van der Waals surface area contributed by atoms with Crippen molar-refractivity contribution < 1.29 is 9.53 Å². The predicted octanol–water partition coefficient (Wildman–Crippen LogP) is 0.189. The predicted molar refractivity (Wildman–Crippen MR) is 62.8 cm³/mol. The molecule has 1 saturated heterocycles. The molecule has 6 nitrogen and oxygen atoms in total. The maximum Gasteiger partial charge on any atom is 0.269 e. The average Bonchev–Trinajstić information content (AvgIpc) is 2.28. The van der Waals surface area contributed by atoms with Gasteiger partial charge in [0.05, 0.1) is 12.2 Å². The van der Waals surface area contributed by atoms with Gasteiger partial charge in [-0.2, -0.15) is 0 Å². The number of primary amides is 1. The topological polar surface area (TPSA) is 81.3 Å². The van der Waals surface area contributed by atoms with E-state index in [4.69, 9.17) is 10.5 Å². The van der Waals surface area contributed by atoms with Gasteiger partial charge in [-0.05, 0) is 26.0 Å². The Morgan fingerprint density at radius 1 is 1.35 bits per heavy atom. The van der Waals surface area contributed by atoms with Crippen LogP contribution in [0.5, 0.6) is 0 Å². The number of nitrogens with zero attached hydrogens (tertiary/aromatic N) is 3. The number of anilines is 1. The highest BCUT2D eigenvalue weighted by molar-refractivity contribution is 5.90. The molecule has 1 fully saturated rings. The van der Waals surface area contributed by atoms with Crippen molar-refractivity contribution in [3.8, 4) is 0 Å². The number of hydrogen-bond donors (Lipinski definition) is 1. The molecular weight excluding hydrogens is 220 g/mol. The van der Waals surface area contributed by atoms with Crippen LogP contribution in [0.25, 0.3) is 0 Å². The minimum atomic E-state index is -0.562. The molecule has 2 rings (SSSR count). The Hall–Kier alpha value is -1.69. The van der Waals surface area contributed by atoms with Gasteiger partial charge in [0.15, 0.2) is 11.5 Å². The van der Waals surface area contributed by atoms with E-state index in [0.29, 0.717) is 0 Å². The van der Waals surface area contributed by atoms with E-state index < -0.39 is 5.91 Å². The molecule has 0 saturated carbocycles. The summed E-state index contributed by atoms with van der Waals surface area (Å²) < 4.78 is 5.64. The van der Waals surface area contributed by atoms with E-state index in [2.05, 4.69) is 15.1 Å². The second-order valence-corrected chi connectivity index (χ2v) is 4.30. The summed E-state index contributed by atoms with van der Waals surface area (Å²) in [5.41, 5.74) is 5.29. The molecule has 17 heavy (non-hydrogen) atoms. The summed E-state index contributed by atoms with van der Waals surface area (Å²) in [6.45, 7) is 5.59. The number of carbonyl (C=O) groups excluding carboxylic acids is 1. The highest BCUT2D eigenvalue weighted by atomic mass is 16.5. The molecule has 1 aromatic heterocycles. The van der Waals surface area contributed by atoms with Crippen LogP contribution < -0.4 is 10.6 Å². The van der Waals surface area contributed by atoms with Gasteiger partial charge in [0, 0.05) is 13.1 Å². The number of ether oxygens (including phenoxy) is 1. The quantitative estimate of drug-likeness (QED) is 0.792. The number of amides is 1. The molecule has 6 heteroatoms. The van der Waals surface area contributed by atoms with Gasteiger partial charge in [-0.25, -0.2) is 0 Å². The standard InChI is InChI=1S/C11H16N4O2/c1-7-5-15(6-8(2)17-7)10-4-3-9(11(12)16)13-14-10/h3-4,7-8H,5-6H2,1-2H3,(H2,12,16). The highest BCUT2D eigenvalue weighted by Gasteiger charge is 2.23. The molecule has 2 N–H and O–H groups in total. The third-order valence-corrected chi connectivity index (χ3v) is 2.65. The van der Waals surface area contributed by atoms with Crippen LogP contribution in [0.2, 0.25) is 0 Å². The third-order valence-electron chi connectivity index (χ3n) is 2.65. The summed E-state index contributed by atoms with van der Waals surface area (Å²) in [6, 6.07) is 3.35. The summed E-state index contributed by atoms with van der Waals surface area (Å²) >= 11 is 0. The summed E-state index contributed by atoms with van der Waals surface area (Å²) in [5, 5.41) is 7.81. The Bertz CT molecular complexity index is 396. The van der Waals surface area contributed by atoms with Crippen molar-refractivity contribution in [3.63, 3.8) is 0 Å². The Morgan fingerprint density at radius 2 is 2.00 bits per heavy atom. The van der Waals surface area contributed by atoms with Crippen molar-refractivity contribution in [2.24, 2.45) is 5.73 Å². The minimum Gasteiger partial charge on any atom is -0.372 e. The maximum absolute atomic E-state index is 10.9. The van der Waals surface area contributed by atoms with Crippen LogP contribution in [0.15, 0.2) is 12.1 Å². The first-order chi connectivity index (χ1) is 8.06. The SMILES string of the molecule is CC1CN(c2ccc(C(N)=O)nn2)CC(C)O1. The summed E-state index contributed by atoms with van der Waals surface area (Å²) in [7, 11) is 0. The lowest BCUT2D eigenvalue weighted by Crippen LogP contribution is -2.46. The van der Waals surface area contributed by atoms with E-state index in [9.17, 15) is 4.79 Å². The van der Waals surface area contributed by atoms with Crippen LogP contribution >= 0.6 is 0 Å². The number of carbonyl (C=O) groups is 1. The Labute approximate surface area is 99.8 Å². The molecule has 2 heterocycles. The normalized spacial score (nSPS) is 24.7. The first-order valence-corrected chi connectivity index (χ1v) is 5.60. The van der Waals surface area contributed by atoms with Gasteiger partial charge in [-0.15, -0.1) is 10.2 Å². The van der Waals surface area contributed by atoms with E-state index in [1.807, 2.05) is 13.8 Å². The summed E-state index contributed by atoms with van der Waals surface area (Å²) in [5.74, 6) is 0.185. The zero-order valence-electron chi connectivity index (χ0n) is 9.96. The van der Waals surface area contributed by atoms with E-state index in [-0.39, 0.29) is 17.9 Å². The second kappa shape index (κ2) is 4.67. The van der Waals surface area contributed by atoms with Crippen molar-refractivity contribution in [2.45, 2.75) is 26.1 Å². The van der Waals surface area contributed by atoms with Crippen molar-refractivity contribution in [1.82, 2.24) is 10.2 Å². The van der Waals surface area contributed by atoms with Gasteiger partial charge < -0.3 is 15.4 Å². The number of nitrogens with two attached hydrogens (primary N) is 1. The van der Waals surface area contributed by atoms with Crippen molar-refractivity contribution >= 4 is 11.7 Å². The van der Waals surface area contributed by atoms with Crippen LogP contribution in [0.1, 0.15) is 24.3 Å². The first-order valence-electron chi connectivity index (χ1n) is 5.60. The molecule has 1 aromatic rings. The molecule has 1 aliphatic rings. The van der Waals surface area contributed by atoms with Crippen LogP contribution in [0.3, 0.4) is 0 Å². The number of aromatic nitrogens is 2. The molecule has 2 unspecified atom stereocenters. The molecule has 0 bridgehead atoms. The molecular formula is C11H16N4O2. The molecule has 1 amide bonds. The lowest BCUT2D eigenvalue weighted by molar-refractivity contribution is -0.00551. The molecule has 2 atom stereocenters. The van der Waals surface area contributed by atoms with E-state index in [1.54, 1.807) is 12.1 Å². The van der Waals surface area contributed by atoms with Gasteiger partial charge >= 0.3 is 0 Å². The maximum atomic E-state index is 10.9. The fraction of sp³-hybridized carbons (Fsp3) is 0.545. The third kappa shape index (κ3) is 2.71. The molecule has 0 radical (unpaired) electrons. The first kappa shape index (κ1) is 11.8. The van der Waals surface area contributed by atoms with Crippen molar-refractivity contribution in [3.05, 3.63) is 17.8 Å². The van der Waals surface area contributed by atoms with Gasteiger partial charge in [0.25, 0.3) is 5.91 Å². The van der Waals surface area contributed by atoms with Gasteiger partial charge in [-0.3, -0.25) is 4.79 Å². The van der Waals surface area contributed by atoms with E-state index in [1.165, 1.54) is 0 Å². The van der Waals surface area contributed by atoms with Crippen LogP contribution in [-0.2, 0) is 4.74 Å². The molecule has 92 valence electrons. The van der Waals surface area contributed by atoms with Crippen molar-refractivity contribution in [1.29, 1.82) is 0 Å². The van der Waals surface area contributed by atoms with E-state index >= 15 is 0 Å². The fourth-order valence-corrected chi connectivity index (χ4v) is 1.99. The smallest absolute Gasteiger partial charge is 0.269 e. The summed E-state index contributed by atoms with van der Waals surface area (Å²) in [4.78, 5) is 13.0. The number of rotatable bonds is 2. The fourth-order valence-electron chi connectivity index (χ4n) is 1.99. The van der Waals surface area contributed by atoms with Crippen LogP contribution in [0, 0.1) is 0 Å². The number of hydrogen-bond acceptors (Lipinski definition) is 5. The van der Waals surface area contributed by atoms with Crippen LogP contribution in [0.4, 0.5) is 5.82 Å². The zero-order chi connectivity index (χ0) is 12.4. The van der Waals surface area contributed by atoms with E-state index in [0.717, 1.165) is 18.9 Å². The lowest BCUT2D eigenvalue weighted by atomic mass is 10.2. The largest absolute Gasteiger partial charge is 0.372 e. The molecule has 0 spiro atoms. The highest BCUT2D eigenvalue weighted by Crippen LogP contribution is 2.17. The molecule has 1 aliphatic heterocycles. The Morgan fingerprint density at radius 3 is 2.47 bits per heavy atom. The molecule has 0 aliphatic carbocycles. The lowest BCUT2D eigenvalue weighted by Gasteiger charge is -2.35. The average molecular weight is 236 g/mol. The summed E-state index contributed by atoms with van der Waals surface area (Å²) in [6.07, 6.45) is 0.327. The minimum absolute atomic E-state index is 0.163. The Balaban J connectivity index is 2.14.